The molecule has 1 aromatic heterocycles. The third-order valence-electron chi connectivity index (χ3n) is 3.04. The van der Waals surface area contributed by atoms with Gasteiger partial charge in [-0.3, -0.25) is 9.59 Å². The molecule has 1 rings (SSSR count). The Morgan fingerprint density at radius 2 is 2.05 bits per heavy atom. The van der Waals surface area contributed by atoms with Gasteiger partial charge in [0.25, 0.3) is 5.91 Å². The normalized spacial score (nSPS) is 12.0. The molecule has 0 radical (unpaired) electrons. The van der Waals surface area contributed by atoms with Crippen molar-refractivity contribution in [1.29, 1.82) is 0 Å². The van der Waals surface area contributed by atoms with Crippen LogP contribution in [0.2, 0.25) is 0 Å². The van der Waals surface area contributed by atoms with Gasteiger partial charge in [0.15, 0.2) is 0 Å². The molecule has 1 heterocycles. The van der Waals surface area contributed by atoms with Gasteiger partial charge in [-0.1, -0.05) is 0 Å². The van der Waals surface area contributed by atoms with Crippen LogP contribution < -0.4 is 5.32 Å². The Labute approximate surface area is 122 Å². The van der Waals surface area contributed by atoms with E-state index in [1.54, 1.807) is 22.9 Å². The van der Waals surface area contributed by atoms with Crippen LogP contribution in [0.25, 0.3) is 0 Å². The molecule has 0 fully saturated rings. The Morgan fingerprint density at radius 3 is 2.57 bits per heavy atom. The van der Waals surface area contributed by atoms with Crippen molar-refractivity contribution in [2.75, 3.05) is 7.11 Å². The Balaban J connectivity index is 2.74. The van der Waals surface area contributed by atoms with E-state index in [1.807, 2.05) is 13.8 Å². The molecule has 7 nitrogen and oxygen atoms in total. The fraction of sp³-hybridized carbons (Fsp3) is 0.500. The summed E-state index contributed by atoms with van der Waals surface area (Å²) in [5.41, 5.74) is 0.384. The zero-order valence-corrected chi connectivity index (χ0v) is 12.3. The third kappa shape index (κ3) is 4.62. The number of rotatable bonds is 7. The molecule has 21 heavy (non-hydrogen) atoms. The van der Waals surface area contributed by atoms with E-state index in [9.17, 15) is 14.4 Å². The number of hydrogen-bond acceptors (Lipinski definition) is 4. The van der Waals surface area contributed by atoms with Crippen LogP contribution in [0.15, 0.2) is 18.3 Å². The number of nitrogens with zero attached hydrogens (tertiary/aromatic N) is 1. The lowest BCUT2D eigenvalue weighted by atomic mass is 10.1. The molecule has 0 unspecified atom stereocenters. The smallest absolute Gasteiger partial charge is 0.326 e. The van der Waals surface area contributed by atoms with E-state index >= 15 is 0 Å². The van der Waals surface area contributed by atoms with Gasteiger partial charge in [-0.15, -0.1) is 0 Å². The van der Waals surface area contributed by atoms with Crippen LogP contribution in [0.4, 0.5) is 0 Å². The molecule has 0 aliphatic carbocycles. The first-order valence-electron chi connectivity index (χ1n) is 6.64. The maximum atomic E-state index is 12.1. The zero-order valence-electron chi connectivity index (χ0n) is 12.3. The second kappa shape index (κ2) is 7.47. The number of aliphatic carboxylic acids is 1. The molecule has 7 heteroatoms. The van der Waals surface area contributed by atoms with E-state index < -0.39 is 23.9 Å². The lowest BCUT2D eigenvalue weighted by molar-refractivity contribution is -0.142. The third-order valence-corrected chi connectivity index (χ3v) is 3.04. The topological polar surface area (TPSA) is 97.6 Å². The van der Waals surface area contributed by atoms with E-state index in [0.717, 1.165) is 0 Å². The number of amides is 1. The molecule has 1 aromatic rings. The van der Waals surface area contributed by atoms with Gasteiger partial charge in [-0.25, -0.2) is 4.79 Å². The van der Waals surface area contributed by atoms with Crippen LogP contribution in [0.1, 0.15) is 43.2 Å². The van der Waals surface area contributed by atoms with Crippen molar-refractivity contribution in [1.82, 2.24) is 9.88 Å². The van der Waals surface area contributed by atoms with Crippen molar-refractivity contribution < 1.29 is 24.2 Å². The lowest BCUT2D eigenvalue weighted by Gasteiger charge is -2.16. The maximum Gasteiger partial charge on any atom is 0.326 e. The van der Waals surface area contributed by atoms with E-state index in [-0.39, 0.29) is 18.9 Å². The fourth-order valence-electron chi connectivity index (χ4n) is 1.89. The van der Waals surface area contributed by atoms with E-state index in [1.165, 1.54) is 7.11 Å². The number of hydrogen-bond donors (Lipinski definition) is 2. The molecule has 116 valence electrons. The minimum absolute atomic E-state index is 0.0177. The SMILES string of the molecule is COC(=O)CC[C@@H](NC(=O)c1cccn1C(C)C)C(=O)O. The first-order chi connectivity index (χ1) is 9.86. The van der Waals surface area contributed by atoms with Crippen LogP contribution in [0.5, 0.6) is 0 Å². The van der Waals surface area contributed by atoms with E-state index in [4.69, 9.17) is 5.11 Å². The highest BCUT2D eigenvalue weighted by molar-refractivity contribution is 5.95. The molecular weight excluding hydrogens is 276 g/mol. The molecular formula is C14H20N2O5. The summed E-state index contributed by atoms with van der Waals surface area (Å²) in [6.45, 7) is 3.84. The van der Waals surface area contributed by atoms with Crippen LogP contribution in [0, 0.1) is 0 Å². The average Bonchev–Trinajstić information content (AvgIpc) is 2.91. The summed E-state index contributed by atoms with van der Waals surface area (Å²) in [6.07, 6.45) is 1.67. The summed E-state index contributed by atoms with van der Waals surface area (Å²) in [5, 5.41) is 11.5. The van der Waals surface area contributed by atoms with Crippen LogP contribution in [0.3, 0.4) is 0 Å². The lowest BCUT2D eigenvalue weighted by Crippen LogP contribution is -2.41. The highest BCUT2D eigenvalue weighted by Gasteiger charge is 2.23. The largest absolute Gasteiger partial charge is 0.480 e. The number of carbonyl (C=O) groups is 3. The monoisotopic (exact) mass is 296 g/mol. The predicted octanol–water partition coefficient (Wildman–Crippen LogP) is 1.21. The Kier molecular flexibility index (Phi) is 5.95. The quantitative estimate of drug-likeness (QED) is 0.737. The van der Waals surface area contributed by atoms with Gasteiger partial charge < -0.3 is 19.7 Å². The van der Waals surface area contributed by atoms with Crippen molar-refractivity contribution >= 4 is 17.8 Å². The number of esters is 1. The van der Waals surface area contributed by atoms with Crippen LogP contribution in [-0.4, -0.2) is 40.7 Å². The summed E-state index contributed by atoms with van der Waals surface area (Å²) in [6, 6.07) is 2.29. The molecule has 0 aliphatic rings. The molecule has 1 amide bonds. The van der Waals surface area contributed by atoms with Gasteiger partial charge in [0.2, 0.25) is 0 Å². The maximum absolute atomic E-state index is 12.1. The molecule has 2 N–H and O–H groups in total. The Morgan fingerprint density at radius 1 is 1.38 bits per heavy atom. The fourth-order valence-corrected chi connectivity index (χ4v) is 1.89. The standard InChI is InChI=1S/C14H20N2O5/c1-9(2)16-8-4-5-11(16)13(18)15-10(14(19)20)6-7-12(17)21-3/h4-5,8-10H,6-7H2,1-3H3,(H,15,18)(H,19,20)/t10-/m1/s1. The van der Waals surface area contributed by atoms with Crippen molar-refractivity contribution in [2.24, 2.45) is 0 Å². The number of carbonyl (C=O) groups excluding carboxylic acids is 2. The number of aromatic nitrogens is 1. The highest BCUT2D eigenvalue weighted by Crippen LogP contribution is 2.11. The van der Waals surface area contributed by atoms with E-state index in [0.29, 0.717) is 5.69 Å². The van der Waals surface area contributed by atoms with Gasteiger partial charge >= 0.3 is 11.9 Å². The predicted molar refractivity (Wildman–Crippen MR) is 75.0 cm³/mol. The van der Waals surface area contributed by atoms with Crippen LogP contribution in [-0.2, 0) is 14.3 Å². The van der Waals surface area contributed by atoms with Crippen molar-refractivity contribution in [3.8, 4) is 0 Å². The molecule has 0 saturated carbocycles. The second-order valence-electron chi connectivity index (χ2n) is 4.87. The number of carboxylic acid groups (broad SMARTS) is 1. The van der Waals surface area contributed by atoms with Gasteiger partial charge in [-0.05, 0) is 32.4 Å². The first-order valence-corrected chi connectivity index (χ1v) is 6.64. The average molecular weight is 296 g/mol. The summed E-state index contributed by atoms with van der Waals surface area (Å²) in [4.78, 5) is 34.4. The minimum atomic E-state index is -1.19. The van der Waals surface area contributed by atoms with Crippen molar-refractivity contribution in [3.05, 3.63) is 24.0 Å². The van der Waals surface area contributed by atoms with Gasteiger partial charge in [-0.2, -0.15) is 0 Å². The Hall–Kier alpha value is -2.31. The minimum Gasteiger partial charge on any atom is -0.480 e. The second-order valence-corrected chi connectivity index (χ2v) is 4.87. The number of methoxy groups -OCH3 is 1. The van der Waals surface area contributed by atoms with E-state index in [2.05, 4.69) is 10.1 Å². The molecule has 0 saturated heterocycles. The summed E-state index contributed by atoms with van der Waals surface area (Å²) >= 11 is 0. The summed E-state index contributed by atoms with van der Waals surface area (Å²) in [7, 11) is 1.23. The van der Waals surface area contributed by atoms with Gasteiger partial charge in [0.05, 0.1) is 7.11 Å². The van der Waals surface area contributed by atoms with Crippen molar-refractivity contribution in [2.45, 2.75) is 38.8 Å². The van der Waals surface area contributed by atoms with Gasteiger partial charge in [0.1, 0.15) is 11.7 Å². The number of carboxylic acids is 1. The van der Waals surface area contributed by atoms with Crippen LogP contribution >= 0.6 is 0 Å². The Bertz CT molecular complexity index is 521. The summed E-state index contributed by atoms with van der Waals surface area (Å²) < 4.78 is 6.20. The number of ether oxygens (including phenoxy) is 1. The molecule has 1 atom stereocenters. The first kappa shape index (κ1) is 16.7. The molecule has 0 aromatic carbocycles. The summed E-state index contributed by atoms with van der Waals surface area (Å²) in [5.74, 6) is -2.18. The molecule has 0 aliphatic heterocycles. The zero-order chi connectivity index (χ0) is 16.0. The number of nitrogens with one attached hydrogen (secondary N) is 1. The highest BCUT2D eigenvalue weighted by atomic mass is 16.5. The van der Waals surface area contributed by atoms with Crippen molar-refractivity contribution in [3.63, 3.8) is 0 Å². The molecule has 0 bridgehead atoms. The van der Waals surface area contributed by atoms with Gasteiger partial charge in [0, 0.05) is 18.7 Å². The molecule has 0 spiro atoms.